The number of benzene rings is 1. The number of ether oxygens (including phenoxy) is 2. The van der Waals surface area contributed by atoms with Crippen molar-refractivity contribution < 1.29 is 23.0 Å². The number of carbonyl (C=O) groups is 1. The van der Waals surface area contributed by atoms with Crippen molar-refractivity contribution in [1.82, 2.24) is 19.8 Å². The molecule has 0 bridgehead atoms. The second kappa shape index (κ2) is 9.23. The molecule has 4 rings (SSSR count). The van der Waals surface area contributed by atoms with Crippen molar-refractivity contribution >= 4 is 17.9 Å². The number of thioether (sulfide) groups is 1. The van der Waals surface area contributed by atoms with Gasteiger partial charge in [-0.1, -0.05) is 11.8 Å². The molecule has 7 nitrogen and oxygen atoms in total. The number of hydrogen-bond acceptors (Lipinski definition) is 6. The van der Waals surface area contributed by atoms with Gasteiger partial charge < -0.3 is 19.4 Å². The van der Waals surface area contributed by atoms with Crippen LogP contribution in [0.5, 0.6) is 0 Å². The number of imidazole rings is 1. The van der Waals surface area contributed by atoms with Gasteiger partial charge in [-0.05, 0) is 51.6 Å². The number of amides is 1. The lowest BCUT2D eigenvalue weighted by Gasteiger charge is -2.40. The minimum atomic E-state index is -0.823. The van der Waals surface area contributed by atoms with Crippen LogP contribution in [-0.4, -0.2) is 51.1 Å². The third kappa shape index (κ3) is 5.17. The van der Waals surface area contributed by atoms with E-state index in [0.717, 1.165) is 34.7 Å². The van der Waals surface area contributed by atoms with Crippen molar-refractivity contribution in [3.05, 3.63) is 46.8 Å². The number of fused-ring (bicyclic) bond motifs is 1. The molecule has 1 aromatic heterocycles. The summed E-state index contributed by atoms with van der Waals surface area (Å²) in [5.41, 5.74) is 1.60. The molecule has 2 aliphatic rings. The maximum absolute atomic E-state index is 14.6. The van der Waals surface area contributed by atoms with Gasteiger partial charge in [-0.15, -0.1) is 0 Å². The van der Waals surface area contributed by atoms with E-state index in [-0.39, 0.29) is 11.6 Å². The summed E-state index contributed by atoms with van der Waals surface area (Å²) >= 11 is 1.61. The minimum absolute atomic E-state index is 0.0234. The first-order chi connectivity index (χ1) is 15.6. The molecular weight excluding hydrogens is 450 g/mol. The van der Waals surface area contributed by atoms with Crippen molar-refractivity contribution in [3.8, 4) is 0 Å². The summed E-state index contributed by atoms with van der Waals surface area (Å²) < 4.78 is 42.1. The van der Waals surface area contributed by atoms with Gasteiger partial charge >= 0.3 is 6.09 Å². The van der Waals surface area contributed by atoms with E-state index in [2.05, 4.69) is 14.8 Å². The van der Waals surface area contributed by atoms with Crippen LogP contribution >= 0.6 is 11.8 Å². The van der Waals surface area contributed by atoms with Gasteiger partial charge in [0.15, 0.2) is 5.16 Å². The Labute approximate surface area is 196 Å². The second-order valence-electron chi connectivity index (χ2n) is 9.52. The van der Waals surface area contributed by atoms with Gasteiger partial charge in [-0.25, -0.2) is 18.6 Å². The summed E-state index contributed by atoms with van der Waals surface area (Å²) in [6.45, 7) is 7.04. The van der Waals surface area contributed by atoms with Crippen LogP contribution in [0.2, 0.25) is 0 Å². The first-order valence-electron chi connectivity index (χ1n) is 10.9. The Hall–Kier alpha value is -2.17. The molecule has 2 aliphatic heterocycles. The van der Waals surface area contributed by atoms with E-state index in [0.29, 0.717) is 26.1 Å². The molecule has 1 N–H and O–H groups in total. The average Bonchev–Trinajstić information content (AvgIpc) is 3.27. The molecule has 0 aliphatic carbocycles. The summed E-state index contributed by atoms with van der Waals surface area (Å²) in [6.07, 6.45) is 1.07. The third-order valence-electron chi connectivity index (χ3n) is 5.99. The average molecular weight is 481 g/mol. The largest absolute Gasteiger partial charge is 0.444 e. The Morgan fingerprint density at radius 2 is 2.06 bits per heavy atom. The summed E-state index contributed by atoms with van der Waals surface area (Å²) in [4.78, 5) is 19.5. The fourth-order valence-electron chi connectivity index (χ4n) is 4.47. The van der Waals surface area contributed by atoms with Crippen LogP contribution in [0.25, 0.3) is 0 Å². The highest BCUT2D eigenvalue weighted by Gasteiger charge is 2.40. The minimum Gasteiger partial charge on any atom is -0.444 e. The summed E-state index contributed by atoms with van der Waals surface area (Å²) in [6, 6.07) is 2.66. The van der Waals surface area contributed by atoms with Crippen LogP contribution in [0.15, 0.2) is 23.4 Å². The molecule has 1 aromatic carbocycles. The lowest BCUT2D eigenvalue weighted by atomic mass is 9.92. The zero-order chi connectivity index (χ0) is 23.9. The van der Waals surface area contributed by atoms with E-state index in [1.54, 1.807) is 32.5 Å². The molecule has 180 valence electrons. The Bertz CT molecular complexity index is 1040. The number of halogens is 2. The number of carbonyl (C=O) groups excluding carboxylic acids is 1. The molecule has 0 unspecified atom stereocenters. The predicted octanol–water partition coefficient (Wildman–Crippen LogP) is 4.16. The van der Waals surface area contributed by atoms with Crippen LogP contribution in [0.4, 0.5) is 13.6 Å². The van der Waals surface area contributed by atoms with Crippen LogP contribution < -0.4 is 5.32 Å². The lowest BCUT2D eigenvalue weighted by molar-refractivity contribution is -0.0631. The molecule has 2 aromatic rings. The molecular formula is C23H30F2N4O3S. The van der Waals surface area contributed by atoms with Crippen LogP contribution in [0, 0.1) is 11.6 Å². The van der Waals surface area contributed by atoms with Crippen molar-refractivity contribution in [1.29, 1.82) is 0 Å². The van der Waals surface area contributed by atoms with Crippen molar-refractivity contribution in [2.24, 2.45) is 7.05 Å². The molecule has 3 heterocycles. The topological polar surface area (TPSA) is 68.6 Å². The van der Waals surface area contributed by atoms with E-state index >= 15 is 0 Å². The molecule has 1 amide bonds. The predicted molar refractivity (Wildman–Crippen MR) is 121 cm³/mol. The highest BCUT2D eigenvalue weighted by molar-refractivity contribution is 7.98. The summed E-state index contributed by atoms with van der Waals surface area (Å²) in [5, 5.41) is 3.82. The molecule has 10 heteroatoms. The summed E-state index contributed by atoms with van der Waals surface area (Å²) in [5.74, 6) is -1.13. The smallest absolute Gasteiger partial charge is 0.407 e. The third-order valence-corrected chi connectivity index (χ3v) is 6.72. The van der Waals surface area contributed by atoms with Crippen molar-refractivity contribution in [2.75, 3.05) is 12.9 Å². The number of rotatable bonds is 4. The van der Waals surface area contributed by atoms with E-state index in [9.17, 15) is 13.6 Å². The van der Waals surface area contributed by atoms with Gasteiger partial charge in [0.2, 0.25) is 0 Å². The zero-order valence-electron chi connectivity index (χ0n) is 19.5. The van der Waals surface area contributed by atoms with E-state index in [1.807, 2.05) is 13.3 Å². The Morgan fingerprint density at radius 1 is 1.30 bits per heavy atom. The van der Waals surface area contributed by atoms with Crippen molar-refractivity contribution in [2.45, 2.75) is 69.2 Å². The number of alkyl carbamates (subject to hydrolysis) is 1. The first-order valence-corrected chi connectivity index (χ1v) is 12.2. The van der Waals surface area contributed by atoms with Gasteiger partial charge in [0.05, 0.1) is 24.0 Å². The SMILES string of the molecule is CSc1nc2c(n1C)CN([C@H]1CO[C@H](c3cc(F)ccc3F)[C@@H](NC(=O)OC(C)(C)C)C1)C2. The number of aromatic nitrogens is 2. The number of nitrogens with one attached hydrogen (secondary N) is 1. The molecule has 33 heavy (non-hydrogen) atoms. The van der Waals surface area contributed by atoms with Gasteiger partial charge in [-0.2, -0.15) is 0 Å². The zero-order valence-corrected chi connectivity index (χ0v) is 20.3. The first kappa shape index (κ1) is 24.0. The van der Waals surface area contributed by atoms with Crippen LogP contribution in [-0.2, 0) is 29.6 Å². The van der Waals surface area contributed by atoms with E-state index in [4.69, 9.17) is 14.5 Å². The van der Waals surface area contributed by atoms with Crippen molar-refractivity contribution in [3.63, 3.8) is 0 Å². The molecule has 0 spiro atoms. The molecule has 0 radical (unpaired) electrons. The molecule has 3 atom stereocenters. The highest BCUT2D eigenvalue weighted by Crippen LogP contribution is 2.36. The monoisotopic (exact) mass is 480 g/mol. The molecule has 1 saturated heterocycles. The van der Waals surface area contributed by atoms with Gasteiger partial charge in [0.25, 0.3) is 0 Å². The Balaban J connectivity index is 1.54. The normalized spacial score (nSPS) is 23.4. The number of hydrogen-bond donors (Lipinski definition) is 1. The summed E-state index contributed by atoms with van der Waals surface area (Å²) in [7, 11) is 2.01. The van der Waals surface area contributed by atoms with Gasteiger partial charge in [0, 0.05) is 31.7 Å². The van der Waals surface area contributed by atoms with Crippen LogP contribution in [0.3, 0.4) is 0 Å². The Morgan fingerprint density at radius 3 is 2.73 bits per heavy atom. The second-order valence-corrected chi connectivity index (χ2v) is 10.3. The number of nitrogens with zero attached hydrogens (tertiary/aromatic N) is 3. The maximum atomic E-state index is 14.6. The molecule has 0 saturated carbocycles. The fourth-order valence-corrected chi connectivity index (χ4v) is 5.06. The standard InChI is InChI=1S/C23H30F2N4O3S/c1-23(2,3)32-22(30)27-17-9-14(12-31-20(17)15-8-13(24)6-7-16(15)25)29-10-18-19(11-29)28(4)21(26-18)33-5/h6-8,14,17,20H,9-12H2,1-5H3,(H,27,30)/t14-,17+,20-/m1/s1. The van der Waals surface area contributed by atoms with Gasteiger partial charge in [0.1, 0.15) is 23.3 Å². The highest BCUT2D eigenvalue weighted by atomic mass is 32.2. The van der Waals surface area contributed by atoms with E-state index < -0.39 is 35.5 Å². The lowest BCUT2D eigenvalue weighted by Crippen LogP contribution is -2.52. The maximum Gasteiger partial charge on any atom is 0.407 e. The van der Waals surface area contributed by atoms with Gasteiger partial charge in [-0.3, -0.25) is 4.90 Å². The van der Waals surface area contributed by atoms with E-state index in [1.165, 1.54) is 0 Å². The quantitative estimate of drug-likeness (QED) is 0.663. The molecule has 1 fully saturated rings. The fraction of sp³-hybridized carbons (Fsp3) is 0.565. The Kier molecular flexibility index (Phi) is 6.70. The van der Waals surface area contributed by atoms with Crippen LogP contribution in [0.1, 0.15) is 50.2 Å².